The second-order valence-corrected chi connectivity index (χ2v) is 4.79. The van der Waals surface area contributed by atoms with Gasteiger partial charge in [0.05, 0.1) is 6.54 Å². The van der Waals surface area contributed by atoms with Crippen LogP contribution in [0.5, 0.6) is 5.75 Å². The molecule has 0 saturated carbocycles. The van der Waals surface area contributed by atoms with Gasteiger partial charge in [-0.1, -0.05) is 60.7 Å². The first kappa shape index (κ1) is 12.5. The normalized spacial score (nSPS) is 10.7. The molecule has 0 atom stereocenters. The monoisotopic (exact) mass is 264 g/mol. The number of aromatic nitrogens is 2. The van der Waals surface area contributed by atoms with Crippen LogP contribution in [0.25, 0.3) is 11.3 Å². The van der Waals surface area contributed by atoms with Gasteiger partial charge < -0.3 is 5.11 Å². The summed E-state index contributed by atoms with van der Waals surface area (Å²) in [5.41, 5.74) is 3.56. The van der Waals surface area contributed by atoms with Crippen molar-refractivity contribution in [3.8, 4) is 17.0 Å². The molecule has 0 radical (unpaired) electrons. The summed E-state index contributed by atoms with van der Waals surface area (Å²) in [7, 11) is 0. The van der Waals surface area contributed by atoms with E-state index in [0.717, 1.165) is 16.8 Å². The zero-order valence-corrected chi connectivity index (χ0v) is 11.3. The molecule has 1 heterocycles. The molecule has 20 heavy (non-hydrogen) atoms. The zero-order chi connectivity index (χ0) is 13.9. The zero-order valence-electron chi connectivity index (χ0n) is 11.3. The van der Waals surface area contributed by atoms with Gasteiger partial charge in [-0.25, -0.2) is 0 Å². The van der Waals surface area contributed by atoms with Gasteiger partial charge in [-0.05, 0) is 12.5 Å². The van der Waals surface area contributed by atoms with E-state index in [1.165, 1.54) is 0 Å². The summed E-state index contributed by atoms with van der Waals surface area (Å²) in [5, 5.41) is 14.7. The Labute approximate surface area is 118 Å². The third kappa shape index (κ3) is 2.30. The summed E-state index contributed by atoms with van der Waals surface area (Å²) < 4.78 is 1.86. The van der Waals surface area contributed by atoms with Crippen LogP contribution in [-0.2, 0) is 6.54 Å². The van der Waals surface area contributed by atoms with E-state index in [4.69, 9.17) is 0 Å². The van der Waals surface area contributed by atoms with Crippen molar-refractivity contribution in [2.45, 2.75) is 13.5 Å². The lowest BCUT2D eigenvalue weighted by atomic mass is 10.1. The molecular formula is C17H16N2O. The Morgan fingerprint density at radius 2 is 1.55 bits per heavy atom. The highest BCUT2D eigenvalue weighted by atomic mass is 16.3. The summed E-state index contributed by atoms with van der Waals surface area (Å²) in [6.45, 7) is 2.47. The molecule has 0 fully saturated rings. The van der Waals surface area contributed by atoms with Gasteiger partial charge in [0.2, 0.25) is 0 Å². The molecule has 3 nitrogen and oxygen atoms in total. The molecule has 3 heteroatoms. The highest BCUT2D eigenvalue weighted by Gasteiger charge is 2.15. The number of aryl methyl sites for hydroxylation is 1. The standard InChI is InChI=1S/C17H16N2O/c1-13-17(20)16(15-10-6-3-7-11-15)19(18-13)12-14-8-4-2-5-9-14/h2-11,20H,12H2,1H3. The predicted molar refractivity (Wildman–Crippen MR) is 79.6 cm³/mol. The Morgan fingerprint density at radius 1 is 0.950 bits per heavy atom. The number of hydrogen-bond donors (Lipinski definition) is 1. The van der Waals surface area contributed by atoms with Crippen molar-refractivity contribution in [3.05, 3.63) is 71.9 Å². The van der Waals surface area contributed by atoms with Crippen LogP contribution in [0.1, 0.15) is 11.3 Å². The first-order chi connectivity index (χ1) is 9.75. The lowest BCUT2D eigenvalue weighted by Crippen LogP contribution is -2.03. The maximum atomic E-state index is 10.3. The fourth-order valence-electron chi connectivity index (χ4n) is 2.32. The highest BCUT2D eigenvalue weighted by Crippen LogP contribution is 2.32. The van der Waals surface area contributed by atoms with Crippen molar-refractivity contribution in [1.82, 2.24) is 9.78 Å². The van der Waals surface area contributed by atoms with Crippen LogP contribution < -0.4 is 0 Å². The summed E-state index contributed by atoms with van der Waals surface area (Å²) in [4.78, 5) is 0. The van der Waals surface area contributed by atoms with Gasteiger partial charge in [0.25, 0.3) is 0 Å². The van der Waals surface area contributed by atoms with Gasteiger partial charge in [0, 0.05) is 5.56 Å². The highest BCUT2D eigenvalue weighted by molar-refractivity contribution is 5.67. The van der Waals surface area contributed by atoms with E-state index in [0.29, 0.717) is 12.2 Å². The summed E-state index contributed by atoms with van der Waals surface area (Å²) in [5.74, 6) is 0.257. The molecular weight excluding hydrogens is 248 g/mol. The summed E-state index contributed by atoms with van der Waals surface area (Å²) in [6.07, 6.45) is 0. The van der Waals surface area contributed by atoms with E-state index < -0.39 is 0 Å². The molecule has 3 rings (SSSR count). The van der Waals surface area contributed by atoms with Crippen LogP contribution >= 0.6 is 0 Å². The largest absolute Gasteiger partial charge is 0.504 e. The molecule has 0 aliphatic heterocycles. The van der Waals surface area contributed by atoms with Gasteiger partial charge >= 0.3 is 0 Å². The van der Waals surface area contributed by atoms with Crippen molar-refractivity contribution in [3.63, 3.8) is 0 Å². The smallest absolute Gasteiger partial charge is 0.164 e. The minimum atomic E-state index is 0.257. The van der Waals surface area contributed by atoms with Gasteiger partial charge in [-0.2, -0.15) is 5.10 Å². The molecule has 3 aromatic rings. The predicted octanol–water partition coefficient (Wildman–Crippen LogP) is 3.61. The van der Waals surface area contributed by atoms with Crippen LogP contribution in [-0.4, -0.2) is 14.9 Å². The molecule has 0 aliphatic carbocycles. The van der Waals surface area contributed by atoms with Crippen molar-refractivity contribution < 1.29 is 5.11 Å². The van der Waals surface area contributed by atoms with Gasteiger partial charge in [-0.3, -0.25) is 4.68 Å². The number of rotatable bonds is 3. The third-order valence-corrected chi connectivity index (χ3v) is 3.32. The molecule has 1 aromatic heterocycles. The Morgan fingerprint density at radius 3 is 2.20 bits per heavy atom. The topological polar surface area (TPSA) is 38.0 Å². The first-order valence-corrected chi connectivity index (χ1v) is 6.61. The van der Waals surface area contributed by atoms with Crippen LogP contribution in [0, 0.1) is 6.92 Å². The quantitative estimate of drug-likeness (QED) is 0.784. The van der Waals surface area contributed by atoms with Crippen molar-refractivity contribution in [2.24, 2.45) is 0 Å². The molecule has 100 valence electrons. The van der Waals surface area contributed by atoms with Gasteiger partial charge in [0.15, 0.2) is 5.75 Å². The fourth-order valence-corrected chi connectivity index (χ4v) is 2.32. The van der Waals surface area contributed by atoms with E-state index in [1.54, 1.807) is 0 Å². The SMILES string of the molecule is Cc1nn(Cc2ccccc2)c(-c2ccccc2)c1O. The van der Waals surface area contributed by atoms with Crippen molar-refractivity contribution >= 4 is 0 Å². The van der Waals surface area contributed by atoms with Crippen LogP contribution in [0.2, 0.25) is 0 Å². The Kier molecular flexibility index (Phi) is 3.25. The molecule has 0 aliphatic rings. The molecule has 1 N–H and O–H groups in total. The molecule has 0 saturated heterocycles. The maximum absolute atomic E-state index is 10.3. The minimum Gasteiger partial charge on any atom is -0.504 e. The molecule has 0 unspecified atom stereocenters. The van der Waals surface area contributed by atoms with Crippen molar-refractivity contribution in [2.75, 3.05) is 0 Å². The lowest BCUT2D eigenvalue weighted by Gasteiger charge is -2.08. The summed E-state index contributed by atoms with van der Waals surface area (Å²) in [6, 6.07) is 20.0. The van der Waals surface area contributed by atoms with Crippen molar-refractivity contribution in [1.29, 1.82) is 0 Å². The van der Waals surface area contributed by atoms with Crippen LogP contribution in [0.15, 0.2) is 60.7 Å². The lowest BCUT2D eigenvalue weighted by molar-refractivity contribution is 0.472. The van der Waals surface area contributed by atoms with E-state index in [-0.39, 0.29) is 5.75 Å². The third-order valence-electron chi connectivity index (χ3n) is 3.32. The van der Waals surface area contributed by atoms with Gasteiger partial charge in [-0.15, -0.1) is 0 Å². The Balaban J connectivity index is 2.06. The Hall–Kier alpha value is -2.55. The maximum Gasteiger partial charge on any atom is 0.164 e. The molecule has 0 bridgehead atoms. The second-order valence-electron chi connectivity index (χ2n) is 4.79. The van der Waals surface area contributed by atoms with Gasteiger partial charge in [0.1, 0.15) is 11.4 Å². The minimum absolute atomic E-state index is 0.257. The average molecular weight is 264 g/mol. The van der Waals surface area contributed by atoms with E-state index in [2.05, 4.69) is 17.2 Å². The second kappa shape index (κ2) is 5.21. The van der Waals surface area contributed by atoms with Crippen LogP contribution in [0.4, 0.5) is 0 Å². The molecule has 2 aromatic carbocycles. The summed E-state index contributed by atoms with van der Waals surface area (Å²) >= 11 is 0. The number of hydrogen-bond acceptors (Lipinski definition) is 2. The molecule has 0 spiro atoms. The molecule has 0 amide bonds. The fraction of sp³-hybridized carbons (Fsp3) is 0.118. The number of nitrogens with zero attached hydrogens (tertiary/aromatic N) is 2. The first-order valence-electron chi connectivity index (χ1n) is 6.61. The Bertz CT molecular complexity index is 703. The number of benzene rings is 2. The van der Waals surface area contributed by atoms with E-state index in [9.17, 15) is 5.11 Å². The average Bonchev–Trinajstić information content (AvgIpc) is 2.76. The van der Waals surface area contributed by atoms with Crippen LogP contribution in [0.3, 0.4) is 0 Å². The number of aromatic hydroxyl groups is 1. The van der Waals surface area contributed by atoms with E-state index in [1.807, 2.05) is 60.1 Å². The van der Waals surface area contributed by atoms with E-state index >= 15 is 0 Å².